The van der Waals surface area contributed by atoms with Gasteiger partial charge in [0.25, 0.3) is 5.91 Å². The van der Waals surface area contributed by atoms with Crippen molar-refractivity contribution in [2.75, 3.05) is 16.8 Å². The molecule has 0 bridgehead atoms. The maximum atomic E-state index is 13.0. The molecule has 1 N–H and O–H groups in total. The minimum atomic E-state index is -0.621. The van der Waals surface area contributed by atoms with Gasteiger partial charge in [-0.05, 0) is 49.7 Å². The summed E-state index contributed by atoms with van der Waals surface area (Å²) >= 11 is 7.55. The van der Waals surface area contributed by atoms with Crippen molar-refractivity contribution in [1.82, 2.24) is 4.98 Å². The lowest BCUT2D eigenvalue weighted by molar-refractivity contribution is -0.128. The predicted octanol–water partition coefficient (Wildman–Crippen LogP) is 4.91. The quantitative estimate of drug-likeness (QED) is 0.610. The SMILES string of the molecule is CCC1Oc2ccc(-c3csc(C)n3)cc2N(CC(=O)Nc2cccc(Cl)c2)C1=O. The third-order valence-corrected chi connectivity index (χ3v) is 5.76. The number of thiazole rings is 1. The van der Waals surface area contributed by atoms with Crippen LogP contribution < -0.4 is 15.0 Å². The first-order chi connectivity index (χ1) is 14.4. The maximum Gasteiger partial charge on any atom is 0.268 e. The van der Waals surface area contributed by atoms with Crippen LogP contribution in [0.25, 0.3) is 11.3 Å². The van der Waals surface area contributed by atoms with E-state index < -0.39 is 6.10 Å². The number of hydrogen-bond donors (Lipinski definition) is 1. The molecule has 1 aliphatic rings. The third kappa shape index (κ3) is 4.17. The normalized spacial score (nSPS) is 15.5. The molecule has 1 aromatic heterocycles. The van der Waals surface area contributed by atoms with E-state index in [1.165, 1.54) is 4.90 Å². The van der Waals surface area contributed by atoms with Crippen LogP contribution in [-0.2, 0) is 9.59 Å². The van der Waals surface area contributed by atoms with Gasteiger partial charge >= 0.3 is 0 Å². The van der Waals surface area contributed by atoms with Crippen LogP contribution in [0.3, 0.4) is 0 Å². The van der Waals surface area contributed by atoms with Crippen LogP contribution >= 0.6 is 22.9 Å². The van der Waals surface area contributed by atoms with Gasteiger partial charge in [-0.1, -0.05) is 24.6 Å². The number of rotatable bonds is 5. The Hall–Kier alpha value is -2.90. The molecule has 0 radical (unpaired) electrons. The lowest BCUT2D eigenvalue weighted by atomic mass is 10.1. The number of carbonyl (C=O) groups excluding carboxylic acids is 2. The summed E-state index contributed by atoms with van der Waals surface area (Å²) in [6.07, 6.45) is -0.110. The summed E-state index contributed by atoms with van der Waals surface area (Å²) in [4.78, 5) is 31.7. The second-order valence-electron chi connectivity index (χ2n) is 6.93. The van der Waals surface area contributed by atoms with Gasteiger partial charge in [0.05, 0.1) is 16.4 Å². The average molecular weight is 442 g/mol. The van der Waals surface area contributed by atoms with Crippen molar-refractivity contribution < 1.29 is 14.3 Å². The van der Waals surface area contributed by atoms with Crippen LogP contribution in [-0.4, -0.2) is 29.4 Å². The van der Waals surface area contributed by atoms with Crippen molar-refractivity contribution in [1.29, 1.82) is 0 Å². The molecule has 1 unspecified atom stereocenters. The molecule has 154 valence electrons. The summed E-state index contributed by atoms with van der Waals surface area (Å²) < 4.78 is 5.88. The first-order valence-electron chi connectivity index (χ1n) is 9.54. The minimum absolute atomic E-state index is 0.127. The Kier molecular flexibility index (Phi) is 5.74. The molecule has 0 saturated heterocycles. The number of nitrogens with zero attached hydrogens (tertiary/aromatic N) is 2. The van der Waals surface area contributed by atoms with Crippen LogP contribution in [0, 0.1) is 6.92 Å². The number of ether oxygens (including phenoxy) is 1. The van der Waals surface area contributed by atoms with Gasteiger partial charge in [0.15, 0.2) is 6.10 Å². The van der Waals surface area contributed by atoms with E-state index in [1.54, 1.807) is 35.6 Å². The van der Waals surface area contributed by atoms with Crippen molar-refractivity contribution in [3.8, 4) is 17.0 Å². The molecule has 1 atom stereocenters. The van der Waals surface area contributed by atoms with Gasteiger partial charge in [-0.2, -0.15) is 0 Å². The molecule has 30 heavy (non-hydrogen) atoms. The zero-order valence-electron chi connectivity index (χ0n) is 16.5. The highest BCUT2D eigenvalue weighted by Gasteiger charge is 2.34. The third-order valence-electron chi connectivity index (χ3n) is 4.76. The molecular weight excluding hydrogens is 422 g/mol. The number of aromatic nitrogens is 1. The average Bonchev–Trinajstić information content (AvgIpc) is 3.16. The molecule has 6 nitrogen and oxygen atoms in total. The standard InChI is InChI=1S/C22H20ClN3O3S/c1-3-19-22(28)26(11-21(27)25-16-6-4-5-15(23)10-16)18-9-14(7-8-20(18)29-19)17-12-30-13(2)24-17/h4-10,12,19H,3,11H2,1-2H3,(H,25,27). The fraction of sp³-hybridized carbons (Fsp3) is 0.227. The largest absolute Gasteiger partial charge is 0.478 e. The maximum absolute atomic E-state index is 13.0. The Bertz CT molecular complexity index is 1110. The Morgan fingerprint density at radius 2 is 2.13 bits per heavy atom. The number of halogens is 1. The van der Waals surface area contributed by atoms with E-state index in [2.05, 4.69) is 10.3 Å². The molecular formula is C22H20ClN3O3S. The zero-order valence-corrected chi connectivity index (χ0v) is 18.1. The molecule has 2 aromatic carbocycles. The molecule has 0 fully saturated rings. The minimum Gasteiger partial charge on any atom is -0.478 e. The number of carbonyl (C=O) groups is 2. The summed E-state index contributed by atoms with van der Waals surface area (Å²) in [6, 6.07) is 12.5. The number of amides is 2. The first kappa shape index (κ1) is 20.4. The lowest BCUT2D eigenvalue weighted by Crippen LogP contribution is -2.48. The van der Waals surface area contributed by atoms with Crippen molar-refractivity contribution in [3.63, 3.8) is 0 Å². The molecule has 3 aromatic rings. The van der Waals surface area contributed by atoms with E-state index >= 15 is 0 Å². The van der Waals surface area contributed by atoms with Gasteiger partial charge in [0.2, 0.25) is 5.91 Å². The smallest absolute Gasteiger partial charge is 0.268 e. The van der Waals surface area contributed by atoms with Gasteiger partial charge in [-0.15, -0.1) is 11.3 Å². The molecule has 2 heterocycles. The monoisotopic (exact) mass is 441 g/mol. The van der Waals surface area contributed by atoms with Crippen LogP contribution in [0.15, 0.2) is 47.8 Å². The van der Waals surface area contributed by atoms with Crippen molar-refractivity contribution in [3.05, 3.63) is 57.9 Å². The van der Waals surface area contributed by atoms with E-state index in [0.717, 1.165) is 16.3 Å². The van der Waals surface area contributed by atoms with Gasteiger partial charge < -0.3 is 10.1 Å². The number of nitrogens with one attached hydrogen (secondary N) is 1. The van der Waals surface area contributed by atoms with E-state index in [4.69, 9.17) is 16.3 Å². The zero-order chi connectivity index (χ0) is 21.3. The lowest BCUT2D eigenvalue weighted by Gasteiger charge is -2.34. The summed E-state index contributed by atoms with van der Waals surface area (Å²) in [6.45, 7) is 3.69. The molecule has 0 spiro atoms. The summed E-state index contributed by atoms with van der Waals surface area (Å²) in [7, 11) is 0. The highest BCUT2D eigenvalue weighted by molar-refractivity contribution is 7.09. The molecule has 4 rings (SSSR count). The highest BCUT2D eigenvalue weighted by atomic mass is 35.5. The van der Waals surface area contributed by atoms with E-state index in [1.807, 2.05) is 37.4 Å². The Balaban J connectivity index is 1.64. The van der Waals surface area contributed by atoms with Crippen molar-refractivity contribution >= 4 is 46.1 Å². The number of hydrogen-bond acceptors (Lipinski definition) is 5. The van der Waals surface area contributed by atoms with Crippen LogP contribution in [0.1, 0.15) is 18.4 Å². The summed E-state index contributed by atoms with van der Waals surface area (Å²) in [5.41, 5.74) is 2.83. The van der Waals surface area contributed by atoms with Crippen LogP contribution in [0.4, 0.5) is 11.4 Å². The fourth-order valence-corrected chi connectivity index (χ4v) is 4.12. The van der Waals surface area contributed by atoms with Crippen molar-refractivity contribution in [2.24, 2.45) is 0 Å². The second-order valence-corrected chi connectivity index (χ2v) is 8.43. The highest BCUT2D eigenvalue weighted by Crippen LogP contribution is 2.38. The topological polar surface area (TPSA) is 71.5 Å². The Labute approximate surface area is 183 Å². The number of fused-ring (bicyclic) bond motifs is 1. The molecule has 8 heteroatoms. The van der Waals surface area contributed by atoms with Gasteiger partial charge in [-0.3, -0.25) is 14.5 Å². The predicted molar refractivity (Wildman–Crippen MR) is 119 cm³/mol. The van der Waals surface area contributed by atoms with Crippen LogP contribution in [0.2, 0.25) is 5.02 Å². The van der Waals surface area contributed by atoms with Gasteiger partial charge in [-0.25, -0.2) is 4.98 Å². The number of benzene rings is 2. The van der Waals surface area contributed by atoms with Crippen molar-refractivity contribution in [2.45, 2.75) is 26.4 Å². The van der Waals surface area contributed by atoms with Gasteiger partial charge in [0, 0.05) is 21.7 Å². The summed E-state index contributed by atoms with van der Waals surface area (Å²) in [5.74, 6) is 0.0220. The molecule has 2 amide bonds. The fourth-order valence-electron chi connectivity index (χ4n) is 3.31. The molecule has 0 aliphatic carbocycles. The van der Waals surface area contributed by atoms with Gasteiger partial charge in [0.1, 0.15) is 12.3 Å². The van der Waals surface area contributed by atoms with Crippen LogP contribution in [0.5, 0.6) is 5.75 Å². The Morgan fingerprint density at radius 3 is 2.83 bits per heavy atom. The van der Waals surface area contributed by atoms with E-state index in [9.17, 15) is 9.59 Å². The second kappa shape index (κ2) is 8.45. The Morgan fingerprint density at radius 1 is 1.30 bits per heavy atom. The summed E-state index contributed by atoms with van der Waals surface area (Å²) in [5, 5.41) is 6.24. The first-order valence-corrected chi connectivity index (χ1v) is 10.8. The molecule has 0 saturated carbocycles. The number of aryl methyl sites for hydroxylation is 1. The number of anilines is 2. The van der Waals surface area contributed by atoms with E-state index in [-0.39, 0.29) is 18.4 Å². The molecule has 1 aliphatic heterocycles. The van der Waals surface area contributed by atoms with E-state index in [0.29, 0.717) is 28.6 Å².